The van der Waals surface area contributed by atoms with E-state index in [4.69, 9.17) is 24.3 Å². The lowest BCUT2D eigenvalue weighted by molar-refractivity contribution is 0.000954. The predicted octanol–water partition coefficient (Wildman–Crippen LogP) is 3.31. The number of hydrogen-bond acceptors (Lipinski definition) is 9. The summed E-state index contributed by atoms with van der Waals surface area (Å²) in [5.41, 5.74) is 7.96. The minimum Gasteiger partial charge on any atom is -0.382 e. The fourth-order valence-corrected chi connectivity index (χ4v) is 4.50. The maximum absolute atomic E-state index is 13.3. The molecule has 0 aromatic carbocycles. The Kier molecular flexibility index (Phi) is 8.74. The number of imidazole rings is 1. The Bertz CT molecular complexity index is 961. The van der Waals surface area contributed by atoms with Crippen molar-refractivity contribution in [1.29, 1.82) is 0 Å². The monoisotopic (exact) mass is 451 g/mol. The number of hydrogen-bond donors (Lipinski definition) is 1. The van der Waals surface area contributed by atoms with Gasteiger partial charge in [0.15, 0.2) is 11.5 Å². The van der Waals surface area contributed by atoms with Crippen LogP contribution >= 0.6 is 7.60 Å². The highest BCUT2D eigenvalue weighted by molar-refractivity contribution is 7.53. The zero-order valence-electron chi connectivity index (χ0n) is 18.0. The van der Waals surface area contributed by atoms with Crippen LogP contribution in [0.15, 0.2) is 36.5 Å². The van der Waals surface area contributed by atoms with Crippen LogP contribution in [0.4, 0.5) is 5.82 Å². The fourth-order valence-electron chi connectivity index (χ4n) is 3.08. The van der Waals surface area contributed by atoms with E-state index in [1.807, 2.05) is 13.0 Å². The van der Waals surface area contributed by atoms with E-state index in [0.717, 1.165) is 24.8 Å². The third kappa shape index (κ3) is 6.69. The number of allylic oxidation sites excluding steroid dienone is 2. The summed E-state index contributed by atoms with van der Waals surface area (Å²) in [7, 11) is -1.87. The molecule has 1 aliphatic carbocycles. The van der Waals surface area contributed by atoms with E-state index < -0.39 is 13.7 Å². The average Bonchev–Trinajstić information content (AvgIpc) is 3.20. The highest BCUT2D eigenvalue weighted by atomic mass is 31.2. The molecule has 0 spiro atoms. The van der Waals surface area contributed by atoms with E-state index in [2.05, 4.69) is 27.1 Å². The molecule has 0 saturated heterocycles. The van der Waals surface area contributed by atoms with Gasteiger partial charge in [0.1, 0.15) is 18.2 Å². The summed E-state index contributed by atoms with van der Waals surface area (Å²) >= 11 is 0. The highest BCUT2D eigenvalue weighted by Crippen LogP contribution is 2.49. The second kappa shape index (κ2) is 11.5. The predicted molar refractivity (Wildman–Crippen MR) is 118 cm³/mol. The molecule has 0 bridgehead atoms. The zero-order chi connectivity index (χ0) is 22.1. The fraction of sp³-hybridized carbons (Fsp3) is 0.550. The van der Waals surface area contributed by atoms with Gasteiger partial charge in [0.05, 0.1) is 38.8 Å². The molecule has 0 aliphatic heterocycles. The van der Waals surface area contributed by atoms with Gasteiger partial charge in [-0.1, -0.05) is 25.2 Å². The van der Waals surface area contributed by atoms with E-state index in [0.29, 0.717) is 30.1 Å². The first kappa shape index (κ1) is 23.6. The molecule has 170 valence electrons. The second-order valence-electron chi connectivity index (χ2n) is 7.18. The van der Waals surface area contributed by atoms with Gasteiger partial charge in [-0.3, -0.25) is 4.57 Å². The number of fused-ring (bicyclic) bond motifs is 1. The van der Waals surface area contributed by atoms with Crippen LogP contribution in [-0.4, -0.2) is 58.9 Å². The topological polar surface area (TPSA) is 124 Å². The molecular weight excluding hydrogens is 421 g/mol. The molecule has 2 aromatic heterocycles. The van der Waals surface area contributed by atoms with Crippen molar-refractivity contribution in [1.82, 2.24) is 19.5 Å². The Labute approximate surface area is 182 Å². The van der Waals surface area contributed by atoms with Gasteiger partial charge in [0, 0.05) is 7.11 Å². The summed E-state index contributed by atoms with van der Waals surface area (Å²) in [6.45, 7) is 3.15. The Morgan fingerprint density at radius 3 is 2.87 bits per heavy atom. The minimum atomic E-state index is -3.45. The van der Waals surface area contributed by atoms with E-state index in [9.17, 15) is 4.57 Å². The number of nitrogen functional groups attached to an aromatic ring is 1. The van der Waals surface area contributed by atoms with Crippen molar-refractivity contribution < 1.29 is 23.1 Å². The summed E-state index contributed by atoms with van der Waals surface area (Å²) < 4.78 is 37.6. The van der Waals surface area contributed by atoms with Crippen molar-refractivity contribution in [3.63, 3.8) is 0 Å². The molecule has 0 fully saturated rings. The average molecular weight is 451 g/mol. The van der Waals surface area contributed by atoms with Crippen molar-refractivity contribution >= 4 is 24.6 Å². The largest absolute Gasteiger partial charge is 0.382 e. The lowest BCUT2D eigenvalue weighted by atomic mass is 10.1. The summed E-state index contributed by atoms with van der Waals surface area (Å²) in [6.07, 6.45) is 11.2. The van der Waals surface area contributed by atoms with Crippen LogP contribution in [0, 0.1) is 0 Å². The van der Waals surface area contributed by atoms with Crippen LogP contribution in [0.2, 0.25) is 0 Å². The molecule has 0 radical (unpaired) electrons. The quantitative estimate of drug-likeness (QED) is 0.457. The Balaban J connectivity index is 1.65. The molecule has 31 heavy (non-hydrogen) atoms. The molecule has 10 nitrogen and oxygen atoms in total. The Morgan fingerprint density at radius 2 is 2.13 bits per heavy atom. The molecular formula is C20H30N5O5P. The normalized spacial score (nSPS) is 16.9. The summed E-state index contributed by atoms with van der Waals surface area (Å²) in [6, 6.07) is 0. The van der Waals surface area contributed by atoms with Gasteiger partial charge in [0.25, 0.3) is 0 Å². The van der Waals surface area contributed by atoms with Crippen LogP contribution in [0.3, 0.4) is 0 Å². The van der Waals surface area contributed by atoms with Crippen molar-refractivity contribution in [3.8, 4) is 0 Å². The lowest BCUT2D eigenvalue weighted by Crippen LogP contribution is -2.26. The Hall–Kier alpha value is -2.10. The highest BCUT2D eigenvalue weighted by Gasteiger charge is 2.28. The summed E-state index contributed by atoms with van der Waals surface area (Å²) in [5.74, 6) is 0.310. The SMILES string of the molecule is CCCOP(=O)(COC(COC)Cn1cnc2c(N)ncnc21)OCC1=CCCC=C1. The molecule has 2 N–H and O–H groups in total. The lowest BCUT2D eigenvalue weighted by Gasteiger charge is -2.23. The maximum atomic E-state index is 13.3. The second-order valence-corrected chi connectivity index (χ2v) is 9.17. The number of nitrogens with two attached hydrogens (primary N) is 1. The third-order valence-corrected chi connectivity index (χ3v) is 6.21. The molecule has 11 heteroatoms. The number of ether oxygens (including phenoxy) is 2. The number of methoxy groups -OCH3 is 1. The van der Waals surface area contributed by atoms with Crippen LogP contribution in [0.5, 0.6) is 0 Å². The number of rotatable bonds is 13. The first-order chi connectivity index (χ1) is 15.0. The smallest absolute Gasteiger partial charge is 0.356 e. The van der Waals surface area contributed by atoms with Gasteiger partial charge in [-0.2, -0.15) is 0 Å². The van der Waals surface area contributed by atoms with E-state index in [1.165, 1.54) is 6.33 Å². The number of nitrogens with zero attached hydrogens (tertiary/aromatic N) is 4. The number of aromatic nitrogens is 4. The van der Waals surface area contributed by atoms with Gasteiger partial charge >= 0.3 is 7.60 Å². The molecule has 3 rings (SSSR count). The standard InChI is InChI=1S/C20H30N5O5P/c1-3-9-29-31(26,30-11-16-7-5-4-6-8-16)15-28-17(12-27-2)10-25-14-24-18-19(21)22-13-23-20(18)25/h5,7-8,13-14,17H,3-4,6,9-12,15H2,1-2H3,(H2,21,22,23). The van der Waals surface area contributed by atoms with Crippen molar-refractivity contribution in [2.45, 2.75) is 38.8 Å². The van der Waals surface area contributed by atoms with Gasteiger partial charge < -0.3 is 28.8 Å². The van der Waals surface area contributed by atoms with Gasteiger partial charge in [-0.25, -0.2) is 15.0 Å². The van der Waals surface area contributed by atoms with Crippen LogP contribution < -0.4 is 5.73 Å². The van der Waals surface area contributed by atoms with E-state index in [-0.39, 0.29) is 19.6 Å². The van der Waals surface area contributed by atoms with Gasteiger partial charge in [-0.05, 0) is 24.8 Å². The first-order valence-electron chi connectivity index (χ1n) is 10.3. The molecule has 2 aromatic rings. The van der Waals surface area contributed by atoms with Crippen LogP contribution in [-0.2, 0) is 29.6 Å². The van der Waals surface area contributed by atoms with Crippen LogP contribution in [0.25, 0.3) is 11.2 Å². The van der Waals surface area contributed by atoms with E-state index >= 15 is 0 Å². The Morgan fingerprint density at radius 1 is 1.26 bits per heavy atom. The summed E-state index contributed by atoms with van der Waals surface area (Å²) in [4.78, 5) is 12.5. The van der Waals surface area contributed by atoms with Crippen LogP contribution in [0.1, 0.15) is 26.2 Å². The summed E-state index contributed by atoms with van der Waals surface area (Å²) in [5, 5.41) is 0. The zero-order valence-corrected chi connectivity index (χ0v) is 18.9. The van der Waals surface area contributed by atoms with Crippen molar-refractivity contribution in [3.05, 3.63) is 36.5 Å². The van der Waals surface area contributed by atoms with E-state index in [1.54, 1.807) is 18.0 Å². The van der Waals surface area contributed by atoms with Gasteiger partial charge in [-0.15, -0.1) is 0 Å². The third-order valence-electron chi connectivity index (χ3n) is 4.64. The van der Waals surface area contributed by atoms with Crippen molar-refractivity contribution in [2.75, 3.05) is 39.0 Å². The molecule has 1 aliphatic rings. The molecule has 2 atom stereocenters. The maximum Gasteiger partial charge on any atom is 0.356 e. The minimum absolute atomic E-state index is 0.179. The first-order valence-corrected chi connectivity index (χ1v) is 12.0. The van der Waals surface area contributed by atoms with Gasteiger partial charge in [0.2, 0.25) is 0 Å². The molecule has 0 saturated carbocycles. The molecule has 0 amide bonds. The van der Waals surface area contributed by atoms with Crippen molar-refractivity contribution in [2.24, 2.45) is 0 Å². The molecule has 2 heterocycles. The number of anilines is 1. The molecule has 2 unspecified atom stereocenters.